The van der Waals surface area contributed by atoms with Gasteiger partial charge < -0.3 is 10.2 Å². The summed E-state index contributed by atoms with van der Waals surface area (Å²) in [4.78, 5) is 11.2. The van der Waals surface area contributed by atoms with Crippen molar-refractivity contribution in [1.82, 2.24) is 9.97 Å². The monoisotopic (exact) mass is 606 g/mol. The summed E-state index contributed by atoms with van der Waals surface area (Å²) in [6.45, 7) is 1.46. The second-order valence-corrected chi connectivity index (χ2v) is 11.4. The van der Waals surface area contributed by atoms with E-state index in [0.29, 0.717) is 10.0 Å². The van der Waals surface area contributed by atoms with Gasteiger partial charge in [-0.05, 0) is 90.2 Å². The van der Waals surface area contributed by atoms with Crippen LogP contribution in [0.1, 0.15) is 41.0 Å². The number of halogens is 5. The fourth-order valence-corrected chi connectivity index (χ4v) is 5.85. The van der Waals surface area contributed by atoms with Crippen molar-refractivity contribution in [3.05, 3.63) is 130 Å². The quantitative estimate of drug-likeness (QED) is 0.196. The highest BCUT2D eigenvalue weighted by Crippen LogP contribution is 2.36. The number of nitrogens with zero attached hydrogens (tertiary/aromatic N) is 3. The van der Waals surface area contributed by atoms with Crippen molar-refractivity contribution in [1.29, 1.82) is 0 Å². The van der Waals surface area contributed by atoms with Crippen LogP contribution in [0.5, 0.6) is 0 Å². The SMILES string of the molecule is FC(F)(F)c1ccc(N2CCC(Nc3ncnc4ccc(C(c5ccc(Cl)cc5)c5ccc(Cl)cc5)cc34)CC2)cc1. The Hall–Kier alpha value is -3.81. The number of hydrogen-bond acceptors (Lipinski definition) is 4. The largest absolute Gasteiger partial charge is 0.416 e. The van der Waals surface area contributed by atoms with E-state index in [1.54, 1.807) is 18.5 Å². The third kappa shape index (κ3) is 6.18. The molecule has 1 aromatic heterocycles. The molecular weight excluding hydrogens is 580 g/mol. The maximum Gasteiger partial charge on any atom is 0.416 e. The van der Waals surface area contributed by atoms with Crippen LogP contribution in [0.4, 0.5) is 24.7 Å². The number of alkyl halides is 3. The van der Waals surface area contributed by atoms with Crippen LogP contribution in [0, 0.1) is 0 Å². The number of rotatable bonds is 6. The molecule has 0 unspecified atom stereocenters. The molecule has 214 valence electrons. The van der Waals surface area contributed by atoms with E-state index >= 15 is 0 Å². The Morgan fingerprint density at radius 3 is 1.88 bits per heavy atom. The van der Waals surface area contributed by atoms with Gasteiger partial charge in [0.1, 0.15) is 12.1 Å². The van der Waals surface area contributed by atoms with Gasteiger partial charge in [0.05, 0.1) is 11.1 Å². The van der Waals surface area contributed by atoms with E-state index < -0.39 is 11.7 Å². The Morgan fingerprint density at radius 2 is 1.31 bits per heavy atom. The lowest BCUT2D eigenvalue weighted by Gasteiger charge is -2.34. The zero-order valence-electron chi connectivity index (χ0n) is 22.5. The molecule has 5 aromatic rings. The second-order valence-electron chi connectivity index (χ2n) is 10.5. The van der Waals surface area contributed by atoms with Crippen LogP contribution in [-0.2, 0) is 6.18 Å². The Kier molecular flexibility index (Phi) is 7.97. The first kappa shape index (κ1) is 28.3. The van der Waals surface area contributed by atoms with Crippen molar-refractivity contribution in [2.24, 2.45) is 0 Å². The first-order valence-corrected chi connectivity index (χ1v) is 14.4. The third-order valence-corrected chi connectivity index (χ3v) is 8.30. The molecular formula is C33H27Cl2F3N4. The van der Waals surface area contributed by atoms with Gasteiger partial charge >= 0.3 is 6.18 Å². The van der Waals surface area contributed by atoms with Crippen molar-refractivity contribution in [2.45, 2.75) is 31.0 Å². The molecule has 1 aliphatic heterocycles. The van der Waals surface area contributed by atoms with Gasteiger partial charge in [0.25, 0.3) is 0 Å². The van der Waals surface area contributed by atoms with Gasteiger partial charge in [0.15, 0.2) is 0 Å². The van der Waals surface area contributed by atoms with Gasteiger partial charge in [-0.2, -0.15) is 13.2 Å². The van der Waals surface area contributed by atoms with E-state index in [9.17, 15) is 13.2 Å². The molecule has 4 nitrogen and oxygen atoms in total. The molecule has 1 fully saturated rings. The van der Waals surface area contributed by atoms with Gasteiger partial charge in [0.2, 0.25) is 0 Å². The summed E-state index contributed by atoms with van der Waals surface area (Å²) in [5.74, 6) is 0.713. The average molecular weight is 608 g/mol. The van der Waals surface area contributed by atoms with E-state index in [1.165, 1.54) is 0 Å². The number of anilines is 2. The predicted octanol–water partition coefficient (Wildman–Crippen LogP) is 9.22. The van der Waals surface area contributed by atoms with Crippen LogP contribution in [0.2, 0.25) is 10.0 Å². The Labute approximate surface area is 252 Å². The van der Waals surface area contributed by atoms with Crippen LogP contribution in [0.15, 0.2) is 97.3 Å². The van der Waals surface area contributed by atoms with Crippen LogP contribution in [-0.4, -0.2) is 29.1 Å². The highest BCUT2D eigenvalue weighted by molar-refractivity contribution is 6.30. The van der Waals surface area contributed by atoms with Crippen molar-refractivity contribution in [3.8, 4) is 0 Å². The Morgan fingerprint density at radius 1 is 0.738 bits per heavy atom. The summed E-state index contributed by atoms with van der Waals surface area (Å²) in [5.41, 5.74) is 4.29. The molecule has 0 aliphatic carbocycles. The number of aromatic nitrogens is 2. The summed E-state index contributed by atoms with van der Waals surface area (Å²) in [5, 5.41) is 5.90. The van der Waals surface area contributed by atoms with Gasteiger partial charge in [-0.3, -0.25) is 0 Å². The fourth-order valence-electron chi connectivity index (χ4n) is 5.59. The number of hydrogen-bond donors (Lipinski definition) is 1. The van der Waals surface area contributed by atoms with Crippen LogP contribution < -0.4 is 10.2 Å². The van der Waals surface area contributed by atoms with Gasteiger partial charge in [-0.1, -0.05) is 53.5 Å². The number of fused-ring (bicyclic) bond motifs is 1. The van der Waals surface area contributed by atoms with Crippen molar-refractivity contribution < 1.29 is 13.2 Å². The lowest BCUT2D eigenvalue weighted by molar-refractivity contribution is -0.137. The first-order valence-electron chi connectivity index (χ1n) is 13.7. The van der Waals surface area contributed by atoms with Crippen molar-refractivity contribution in [2.75, 3.05) is 23.3 Å². The highest BCUT2D eigenvalue weighted by Gasteiger charge is 2.30. The minimum absolute atomic E-state index is 0.0519. The molecule has 42 heavy (non-hydrogen) atoms. The smallest absolute Gasteiger partial charge is 0.371 e. The molecule has 9 heteroatoms. The van der Waals surface area contributed by atoms with E-state index in [0.717, 1.165) is 77.2 Å². The molecule has 2 heterocycles. The molecule has 1 saturated heterocycles. The maximum absolute atomic E-state index is 13.0. The molecule has 4 aromatic carbocycles. The number of piperidine rings is 1. The van der Waals surface area contributed by atoms with Gasteiger partial charge in [-0.25, -0.2) is 9.97 Å². The van der Waals surface area contributed by atoms with Crippen LogP contribution in [0.3, 0.4) is 0 Å². The van der Waals surface area contributed by atoms with E-state index in [-0.39, 0.29) is 12.0 Å². The maximum atomic E-state index is 13.0. The van der Waals surface area contributed by atoms with Gasteiger partial charge in [-0.15, -0.1) is 0 Å². The molecule has 0 atom stereocenters. The summed E-state index contributed by atoms with van der Waals surface area (Å²) in [6.07, 6.45) is -1.12. The lowest BCUT2D eigenvalue weighted by Crippen LogP contribution is -2.39. The number of benzene rings is 4. The van der Waals surface area contributed by atoms with E-state index in [1.807, 2.05) is 54.6 Å². The van der Waals surface area contributed by atoms with E-state index in [2.05, 4.69) is 32.3 Å². The molecule has 0 saturated carbocycles. The number of nitrogens with one attached hydrogen (secondary N) is 1. The van der Waals surface area contributed by atoms with Crippen LogP contribution >= 0.6 is 23.2 Å². The predicted molar refractivity (Wildman–Crippen MR) is 164 cm³/mol. The standard InChI is InChI=1S/C33H27Cl2F3N4/c34-25-8-1-21(2-9-25)31(22-3-10-26(35)11-4-22)23-5-14-30-29(19-23)32(40-20-39-30)41-27-15-17-42(18-16-27)28-12-6-24(7-13-28)33(36,37)38/h1-14,19-20,27,31H,15-18H2,(H,39,40,41). The fraction of sp³-hybridized carbons (Fsp3) is 0.212. The Balaban J connectivity index is 1.24. The summed E-state index contributed by atoms with van der Waals surface area (Å²) in [7, 11) is 0. The summed E-state index contributed by atoms with van der Waals surface area (Å²) >= 11 is 12.4. The zero-order valence-corrected chi connectivity index (χ0v) is 24.0. The summed E-state index contributed by atoms with van der Waals surface area (Å²) in [6, 6.07) is 27.5. The molecule has 1 aliphatic rings. The van der Waals surface area contributed by atoms with Gasteiger partial charge in [0, 0.05) is 46.2 Å². The first-order chi connectivity index (χ1) is 20.2. The van der Waals surface area contributed by atoms with E-state index in [4.69, 9.17) is 23.2 Å². The molecule has 0 radical (unpaired) electrons. The average Bonchev–Trinajstić information content (AvgIpc) is 2.99. The van der Waals surface area contributed by atoms with Crippen LogP contribution in [0.25, 0.3) is 10.9 Å². The highest BCUT2D eigenvalue weighted by atomic mass is 35.5. The molecule has 0 amide bonds. The molecule has 0 bridgehead atoms. The Bertz CT molecular complexity index is 1620. The lowest BCUT2D eigenvalue weighted by atomic mass is 9.84. The summed E-state index contributed by atoms with van der Waals surface area (Å²) < 4.78 is 38.9. The molecule has 0 spiro atoms. The van der Waals surface area contributed by atoms with Crippen molar-refractivity contribution >= 4 is 45.6 Å². The van der Waals surface area contributed by atoms with Crippen molar-refractivity contribution in [3.63, 3.8) is 0 Å². The minimum atomic E-state index is -4.33. The normalized spacial score (nSPS) is 14.5. The topological polar surface area (TPSA) is 41.0 Å². The third-order valence-electron chi connectivity index (χ3n) is 7.79. The molecule has 6 rings (SSSR count). The second kappa shape index (κ2) is 11.8. The molecule has 1 N–H and O–H groups in total. The minimum Gasteiger partial charge on any atom is -0.371 e. The zero-order chi connectivity index (χ0) is 29.3.